The van der Waals surface area contributed by atoms with E-state index in [2.05, 4.69) is 123 Å². The van der Waals surface area contributed by atoms with Crippen molar-refractivity contribution in [1.29, 1.82) is 0 Å². The van der Waals surface area contributed by atoms with E-state index in [-0.39, 0.29) is 0 Å². The molecule has 4 aromatic carbocycles. The van der Waals surface area contributed by atoms with Gasteiger partial charge in [0.2, 0.25) is 0 Å². The number of pyridine rings is 2. The second-order valence-corrected chi connectivity index (χ2v) is 8.77. The third kappa shape index (κ3) is 3.45. The summed E-state index contributed by atoms with van der Waals surface area (Å²) in [5, 5.41) is 2.24. The lowest BCUT2D eigenvalue weighted by Crippen LogP contribution is -1.96. The van der Waals surface area contributed by atoms with Crippen LogP contribution in [-0.2, 0) is 0 Å². The first-order valence-corrected chi connectivity index (χ1v) is 11.6. The van der Waals surface area contributed by atoms with Crippen LogP contribution in [0.1, 0.15) is 11.3 Å². The highest BCUT2D eigenvalue weighted by molar-refractivity contribution is 6.12. The van der Waals surface area contributed by atoms with Crippen LogP contribution in [-0.4, -0.2) is 9.97 Å². The summed E-state index contributed by atoms with van der Waals surface area (Å²) in [5.74, 6) is 0. The minimum atomic E-state index is 0.943. The highest BCUT2D eigenvalue weighted by Gasteiger charge is 2.16. The molecule has 6 rings (SSSR count). The van der Waals surface area contributed by atoms with E-state index in [1.54, 1.807) is 0 Å². The number of aryl methyl sites for hydroxylation is 2. The lowest BCUT2D eigenvalue weighted by atomic mass is 9.94. The van der Waals surface area contributed by atoms with Crippen LogP contribution >= 0.6 is 0 Å². The average molecular weight is 437 g/mol. The highest BCUT2D eigenvalue weighted by atomic mass is 14.8. The molecule has 0 N–H and O–H groups in total. The van der Waals surface area contributed by atoms with Gasteiger partial charge in [-0.2, -0.15) is 0 Å². The Morgan fingerprint density at radius 1 is 0.471 bits per heavy atom. The molecule has 162 valence electrons. The molecule has 2 heteroatoms. The number of rotatable bonds is 3. The van der Waals surface area contributed by atoms with Crippen molar-refractivity contribution < 1.29 is 0 Å². The second-order valence-electron chi connectivity index (χ2n) is 8.77. The van der Waals surface area contributed by atoms with Gasteiger partial charge in [0.25, 0.3) is 0 Å². The smallest absolute Gasteiger partial charge is 0.0978 e. The lowest BCUT2D eigenvalue weighted by molar-refractivity contribution is 1.25. The maximum absolute atomic E-state index is 5.23. The molecule has 0 aliphatic carbocycles. The molecule has 0 saturated carbocycles. The fraction of sp³-hybridized carbons (Fsp3) is 0.0625. The topological polar surface area (TPSA) is 25.8 Å². The molecule has 0 spiro atoms. The van der Waals surface area contributed by atoms with Gasteiger partial charge in [-0.1, -0.05) is 97.1 Å². The van der Waals surface area contributed by atoms with Gasteiger partial charge in [-0.3, -0.25) is 4.98 Å². The first-order valence-electron chi connectivity index (χ1n) is 11.6. The minimum absolute atomic E-state index is 0.943. The molecular weight excluding hydrogens is 412 g/mol. The normalized spacial score (nSPS) is 11.2. The van der Waals surface area contributed by atoms with Crippen molar-refractivity contribution in [1.82, 2.24) is 9.97 Å². The van der Waals surface area contributed by atoms with E-state index >= 15 is 0 Å². The van der Waals surface area contributed by atoms with E-state index in [1.807, 2.05) is 0 Å². The summed E-state index contributed by atoms with van der Waals surface area (Å²) < 4.78 is 0. The fourth-order valence-corrected chi connectivity index (χ4v) is 4.81. The summed E-state index contributed by atoms with van der Waals surface area (Å²) in [7, 11) is 0. The number of benzene rings is 4. The summed E-state index contributed by atoms with van der Waals surface area (Å²) in [6.07, 6.45) is 0. The van der Waals surface area contributed by atoms with Gasteiger partial charge in [0.05, 0.1) is 16.7 Å². The first-order chi connectivity index (χ1) is 16.7. The van der Waals surface area contributed by atoms with Gasteiger partial charge >= 0.3 is 0 Å². The minimum Gasteiger partial charge on any atom is -0.251 e. The largest absolute Gasteiger partial charge is 0.251 e. The van der Waals surface area contributed by atoms with Gasteiger partial charge in [0.1, 0.15) is 0 Å². The molecule has 0 saturated heterocycles. The van der Waals surface area contributed by atoms with E-state index in [1.165, 1.54) is 27.8 Å². The Labute approximate surface area is 199 Å². The van der Waals surface area contributed by atoms with Crippen molar-refractivity contribution in [3.8, 4) is 33.5 Å². The van der Waals surface area contributed by atoms with Crippen LogP contribution in [0.4, 0.5) is 0 Å². The molecule has 2 heterocycles. The van der Waals surface area contributed by atoms with Crippen LogP contribution in [0.3, 0.4) is 0 Å². The summed E-state index contributed by atoms with van der Waals surface area (Å²) >= 11 is 0. The van der Waals surface area contributed by atoms with Crippen molar-refractivity contribution in [3.63, 3.8) is 0 Å². The summed E-state index contributed by atoms with van der Waals surface area (Å²) in [4.78, 5) is 10.3. The van der Waals surface area contributed by atoms with Crippen LogP contribution in [0.5, 0.6) is 0 Å². The Morgan fingerprint density at radius 3 is 1.62 bits per heavy atom. The van der Waals surface area contributed by atoms with Gasteiger partial charge in [-0.25, -0.2) is 4.98 Å². The van der Waals surface area contributed by atoms with E-state index in [9.17, 15) is 0 Å². The molecule has 6 aromatic rings. The predicted molar refractivity (Wildman–Crippen MR) is 143 cm³/mol. The van der Waals surface area contributed by atoms with Crippen LogP contribution in [0.2, 0.25) is 0 Å². The Kier molecular flexibility index (Phi) is 4.92. The third-order valence-electron chi connectivity index (χ3n) is 6.48. The third-order valence-corrected chi connectivity index (χ3v) is 6.48. The standard InChI is InChI=1S/C32H24N2/c1-21-11-9-10-16-25(21)30-20-29(24-14-7-4-8-15-24)27-18-17-26-28(23-12-5-3-6-13-23)19-22(2)33-31(26)32(27)34-30/h3-20H,1-2H3. The number of hydrogen-bond acceptors (Lipinski definition) is 2. The van der Waals surface area contributed by atoms with E-state index < -0.39 is 0 Å². The predicted octanol–water partition coefficient (Wildman–Crippen LogP) is 8.40. The van der Waals surface area contributed by atoms with Gasteiger partial charge in [0.15, 0.2) is 0 Å². The Bertz CT molecular complexity index is 1650. The summed E-state index contributed by atoms with van der Waals surface area (Å²) in [5.41, 5.74) is 10.9. The van der Waals surface area contributed by atoms with Crippen LogP contribution in [0, 0.1) is 13.8 Å². The van der Waals surface area contributed by atoms with E-state index in [0.717, 1.165) is 38.8 Å². The van der Waals surface area contributed by atoms with Crippen molar-refractivity contribution in [2.45, 2.75) is 13.8 Å². The van der Waals surface area contributed by atoms with Crippen molar-refractivity contribution in [3.05, 3.63) is 120 Å². The number of nitrogens with zero attached hydrogens (tertiary/aromatic N) is 2. The van der Waals surface area contributed by atoms with Crippen LogP contribution < -0.4 is 0 Å². The van der Waals surface area contributed by atoms with Crippen LogP contribution in [0.15, 0.2) is 109 Å². The lowest BCUT2D eigenvalue weighted by Gasteiger charge is -2.15. The molecule has 34 heavy (non-hydrogen) atoms. The quantitative estimate of drug-likeness (QED) is 0.260. The van der Waals surface area contributed by atoms with Gasteiger partial charge in [-0.05, 0) is 53.8 Å². The number of fused-ring (bicyclic) bond motifs is 3. The maximum Gasteiger partial charge on any atom is 0.0978 e. The molecule has 0 aliphatic rings. The second kappa shape index (κ2) is 8.24. The van der Waals surface area contributed by atoms with Crippen molar-refractivity contribution >= 4 is 21.8 Å². The molecule has 0 aliphatic heterocycles. The van der Waals surface area contributed by atoms with Crippen molar-refractivity contribution in [2.75, 3.05) is 0 Å². The Hall–Kier alpha value is -4.30. The molecule has 0 unspecified atom stereocenters. The molecule has 0 atom stereocenters. The SMILES string of the molecule is Cc1cc(-c2ccccc2)c2ccc3c(-c4ccccc4)cc(-c4ccccc4C)nc3c2n1. The number of aromatic nitrogens is 2. The Balaban J connectivity index is 1.74. The summed E-state index contributed by atoms with van der Waals surface area (Å²) in [6, 6.07) is 38.4. The van der Waals surface area contributed by atoms with Crippen molar-refractivity contribution in [2.24, 2.45) is 0 Å². The zero-order valence-electron chi connectivity index (χ0n) is 19.3. The van der Waals surface area contributed by atoms with Gasteiger partial charge in [-0.15, -0.1) is 0 Å². The van der Waals surface area contributed by atoms with E-state index in [0.29, 0.717) is 0 Å². The maximum atomic E-state index is 5.23. The van der Waals surface area contributed by atoms with Gasteiger partial charge < -0.3 is 0 Å². The fourth-order valence-electron chi connectivity index (χ4n) is 4.81. The molecule has 0 bridgehead atoms. The molecule has 2 nitrogen and oxygen atoms in total. The molecule has 0 radical (unpaired) electrons. The highest BCUT2D eigenvalue weighted by Crippen LogP contribution is 2.38. The van der Waals surface area contributed by atoms with Crippen LogP contribution in [0.25, 0.3) is 55.3 Å². The zero-order chi connectivity index (χ0) is 23.1. The van der Waals surface area contributed by atoms with Gasteiger partial charge in [0, 0.05) is 22.0 Å². The average Bonchev–Trinajstić information content (AvgIpc) is 2.89. The first kappa shape index (κ1) is 20.3. The zero-order valence-corrected chi connectivity index (χ0v) is 19.3. The molecule has 0 fully saturated rings. The monoisotopic (exact) mass is 436 g/mol. The Morgan fingerprint density at radius 2 is 1.00 bits per heavy atom. The molecular formula is C32H24N2. The number of hydrogen-bond donors (Lipinski definition) is 0. The summed E-state index contributed by atoms with van der Waals surface area (Å²) in [6.45, 7) is 4.20. The molecule has 0 amide bonds. The molecule has 2 aromatic heterocycles. The van der Waals surface area contributed by atoms with E-state index in [4.69, 9.17) is 9.97 Å².